The first-order chi connectivity index (χ1) is 20.5. The number of likely N-dealkylation sites (tertiary alicyclic amines) is 2. The minimum absolute atomic E-state index is 0.0239. The molecule has 0 aliphatic carbocycles. The highest BCUT2D eigenvalue weighted by Crippen LogP contribution is 2.37. The van der Waals surface area contributed by atoms with Crippen LogP contribution in [0.25, 0.3) is 21.8 Å². The van der Waals surface area contributed by atoms with E-state index in [0.717, 1.165) is 66.8 Å². The van der Waals surface area contributed by atoms with Crippen LogP contribution in [0.2, 0.25) is 0 Å². The zero-order valence-electron chi connectivity index (χ0n) is 23.9. The van der Waals surface area contributed by atoms with E-state index in [1.807, 2.05) is 42.5 Å². The van der Waals surface area contributed by atoms with Gasteiger partial charge in [0.2, 0.25) is 11.8 Å². The van der Waals surface area contributed by atoms with Crippen molar-refractivity contribution in [2.75, 3.05) is 55.2 Å². The summed E-state index contributed by atoms with van der Waals surface area (Å²) >= 11 is 0. The van der Waals surface area contributed by atoms with Crippen LogP contribution in [-0.4, -0.2) is 71.0 Å². The number of hydrogen-bond donors (Lipinski definition) is 4. The Morgan fingerprint density at radius 2 is 1.21 bits per heavy atom. The second-order valence-electron chi connectivity index (χ2n) is 11.3. The number of nitrogens with one attached hydrogen (secondary N) is 3. The molecule has 4 aromatic rings. The summed E-state index contributed by atoms with van der Waals surface area (Å²) in [4.78, 5) is 35.1. The van der Waals surface area contributed by atoms with Crippen molar-refractivity contribution in [2.45, 2.75) is 38.5 Å². The van der Waals surface area contributed by atoms with Gasteiger partial charge >= 0.3 is 0 Å². The lowest BCUT2D eigenvalue weighted by Gasteiger charge is -2.17. The lowest BCUT2D eigenvalue weighted by molar-refractivity contribution is -0.117. The molecule has 2 aliphatic rings. The fourth-order valence-corrected chi connectivity index (χ4v) is 5.93. The van der Waals surface area contributed by atoms with Crippen molar-refractivity contribution in [1.29, 1.82) is 0 Å². The van der Waals surface area contributed by atoms with Gasteiger partial charge in [0.05, 0.1) is 22.4 Å². The summed E-state index contributed by atoms with van der Waals surface area (Å²) in [5.41, 5.74) is 4.14. The van der Waals surface area contributed by atoms with Gasteiger partial charge in [-0.25, -0.2) is 4.98 Å². The molecule has 0 bridgehead atoms. The molecule has 6 rings (SSSR count). The molecule has 3 heterocycles. The van der Waals surface area contributed by atoms with Crippen molar-refractivity contribution < 1.29 is 14.7 Å². The Bertz CT molecular complexity index is 1500. The minimum Gasteiger partial charge on any atom is -0.506 e. The Kier molecular flexibility index (Phi) is 8.48. The van der Waals surface area contributed by atoms with E-state index in [1.54, 1.807) is 18.2 Å². The third kappa shape index (κ3) is 6.64. The lowest BCUT2D eigenvalue weighted by atomic mass is 10.1. The summed E-state index contributed by atoms with van der Waals surface area (Å²) < 4.78 is 0. The van der Waals surface area contributed by atoms with Crippen LogP contribution in [-0.2, 0) is 9.59 Å². The maximum atomic E-state index is 12.8. The summed E-state index contributed by atoms with van der Waals surface area (Å²) in [7, 11) is 0. The first-order valence-electron chi connectivity index (χ1n) is 15.0. The van der Waals surface area contributed by atoms with Crippen molar-refractivity contribution in [3.63, 3.8) is 0 Å². The lowest BCUT2D eigenvalue weighted by Crippen LogP contribution is -2.25. The highest BCUT2D eigenvalue weighted by atomic mass is 16.3. The van der Waals surface area contributed by atoms with Crippen LogP contribution in [0, 0.1) is 0 Å². The standard InChI is InChI=1S/C33H38N6O3/c40-30-8-2-1-7-29(30)37-33-25-21-23(34-31(41)13-19-38-15-3-4-16-38)9-11-27(25)36-28-12-10-24(22-26(28)33)35-32(42)14-20-39-17-5-6-18-39/h1-2,7-12,21-22,40H,3-6,13-20H2,(H,34,41)(H,35,42)(H,36,37). The number of rotatable bonds is 10. The van der Waals surface area contributed by atoms with Crippen molar-refractivity contribution in [1.82, 2.24) is 14.8 Å². The van der Waals surface area contributed by atoms with Gasteiger partial charge in [-0.3, -0.25) is 9.59 Å². The highest BCUT2D eigenvalue weighted by molar-refractivity contribution is 6.11. The van der Waals surface area contributed by atoms with E-state index in [1.165, 1.54) is 25.7 Å². The number of para-hydroxylation sites is 2. The summed E-state index contributed by atoms with van der Waals surface area (Å²) in [5.74, 6) is 0.0710. The van der Waals surface area contributed by atoms with Crippen LogP contribution in [0.5, 0.6) is 5.75 Å². The van der Waals surface area contributed by atoms with Gasteiger partial charge in [0.1, 0.15) is 5.75 Å². The molecule has 3 aromatic carbocycles. The van der Waals surface area contributed by atoms with Crippen molar-refractivity contribution >= 4 is 56.4 Å². The molecule has 2 aliphatic heterocycles. The number of hydrogen-bond acceptors (Lipinski definition) is 7. The molecule has 2 fully saturated rings. The predicted octanol–water partition coefficient (Wildman–Crippen LogP) is 5.69. The third-order valence-electron chi connectivity index (χ3n) is 8.21. The Hall–Kier alpha value is -4.21. The molecule has 9 heteroatoms. The van der Waals surface area contributed by atoms with E-state index in [2.05, 4.69) is 25.8 Å². The first kappa shape index (κ1) is 27.9. The summed E-state index contributed by atoms with van der Waals surface area (Å²) in [6.07, 6.45) is 5.68. The molecule has 0 unspecified atom stereocenters. The highest BCUT2D eigenvalue weighted by Gasteiger charge is 2.17. The molecular weight excluding hydrogens is 528 g/mol. The number of fused-ring (bicyclic) bond motifs is 2. The molecule has 0 saturated carbocycles. The predicted molar refractivity (Wildman–Crippen MR) is 168 cm³/mol. The third-order valence-corrected chi connectivity index (χ3v) is 8.21. The van der Waals surface area contributed by atoms with Crippen LogP contribution < -0.4 is 16.0 Å². The second-order valence-corrected chi connectivity index (χ2v) is 11.3. The molecule has 42 heavy (non-hydrogen) atoms. The van der Waals surface area contributed by atoms with E-state index >= 15 is 0 Å². The van der Waals surface area contributed by atoms with Gasteiger partial charge in [0.25, 0.3) is 0 Å². The van der Waals surface area contributed by atoms with Crippen LogP contribution in [0.3, 0.4) is 0 Å². The van der Waals surface area contributed by atoms with Crippen LogP contribution in [0.15, 0.2) is 60.7 Å². The van der Waals surface area contributed by atoms with Crippen LogP contribution in [0.4, 0.5) is 22.7 Å². The van der Waals surface area contributed by atoms with E-state index in [9.17, 15) is 14.7 Å². The normalized spacial score (nSPS) is 15.8. The van der Waals surface area contributed by atoms with Crippen molar-refractivity contribution in [2.24, 2.45) is 0 Å². The number of amides is 2. The molecule has 4 N–H and O–H groups in total. The van der Waals surface area contributed by atoms with E-state index in [-0.39, 0.29) is 17.6 Å². The average Bonchev–Trinajstić information content (AvgIpc) is 3.71. The number of benzene rings is 3. The zero-order valence-corrected chi connectivity index (χ0v) is 23.9. The number of carbonyl (C=O) groups is 2. The summed E-state index contributed by atoms with van der Waals surface area (Å²) in [6, 6.07) is 18.4. The fourth-order valence-electron chi connectivity index (χ4n) is 5.93. The van der Waals surface area contributed by atoms with Gasteiger partial charge in [-0.15, -0.1) is 0 Å². The number of phenols is 1. The van der Waals surface area contributed by atoms with Gasteiger partial charge in [-0.2, -0.15) is 0 Å². The van der Waals surface area contributed by atoms with Crippen LogP contribution in [0.1, 0.15) is 38.5 Å². The monoisotopic (exact) mass is 566 g/mol. The van der Waals surface area contributed by atoms with E-state index < -0.39 is 0 Å². The Morgan fingerprint density at radius 1 is 0.714 bits per heavy atom. The molecule has 2 saturated heterocycles. The Balaban J connectivity index is 1.30. The average molecular weight is 567 g/mol. The number of aromatic nitrogens is 1. The van der Waals surface area contributed by atoms with Crippen molar-refractivity contribution in [3.8, 4) is 5.75 Å². The molecule has 0 atom stereocenters. The molecule has 1 aromatic heterocycles. The SMILES string of the molecule is O=C(CCN1CCCC1)Nc1ccc2nc3ccc(NC(=O)CCN4CCCC4)cc3c(Nc3ccccc3O)c2c1. The van der Waals surface area contributed by atoms with E-state index in [0.29, 0.717) is 29.9 Å². The molecule has 218 valence electrons. The number of carbonyl (C=O) groups excluding carboxylic acids is 2. The fraction of sp³-hybridized carbons (Fsp3) is 0.364. The maximum Gasteiger partial charge on any atom is 0.225 e. The number of phenolic OH excluding ortho intramolecular Hbond substituents is 1. The number of aromatic hydroxyl groups is 1. The molecule has 9 nitrogen and oxygen atoms in total. The molecule has 0 spiro atoms. The van der Waals surface area contributed by atoms with Gasteiger partial charge in [0.15, 0.2) is 0 Å². The summed E-state index contributed by atoms with van der Waals surface area (Å²) in [6.45, 7) is 5.76. The summed E-state index contributed by atoms with van der Waals surface area (Å²) in [5, 5.41) is 21.7. The quantitative estimate of drug-likeness (QED) is 0.144. The minimum atomic E-state index is -0.0239. The molecule has 2 amide bonds. The van der Waals surface area contributed by atoms with Gasteiger partial charge in [-0.1, -0.05) is 12.1 Å². The Labute approximate surface area is 245 Å². The van der Waals surface area contributed by atoms with Gasteiger partial charge < -0.3 is 30.9 Å². The Morgan fingerprint density at radius 3 is 1.71 bits per heavy atom. The first-order valence-corrected chi connectivity index (χ1v) is 15.0. The second kappa shape index (κ2) is 12.8. The number of anilines is 4. The largest absolute Gasteiger partial charge is 0.506 e. The van der Waals surface area contributed by atoms with Gasteiger partial charge in [-0.05, 0) is 100 Å². The smallest absolute Gasteiger partial charge is 0.225 e. The number of nitrogens with zero attached hydrogens (tertiary/aromatic N) is 3. The van der Waals surface area contributed by atoms with Gasteiger partial charge in [0, 0.05) is 48.1 Å². The van der Waals surface area contributed by atoms with Crippen LogP contribution >= 0.6 is 0 Å². The zero-order chi connectivity index (χ0) is 28.9. The van der Waals surface area contributed by atoms with E-state index in [4.69, 9.17) is 4.98 Å². The molecular formula is C33H38N6O3. The number of pyridine rings is 1. The molecule has 0 radical (unpaired) electrons. The topological polar surface area (TPSA) is 110 Å². The maximum absolute atomic E-state index is 12.8. The van der Waals surface area contributed by atoms with Crippen molar-refractivity contribution in [3.05, 3.63) is 60.7 Å².